The second kappa shape index (κ2) is 8.90. The second-order valence-corrected chi connectivity index (χ2v) is 4.98. The lowest BCUT2D eigenvalue weighted by Crippen LogP contribution is -2.20. The minimum Gasteiger partial charge on any atom is -0.316 e. The Labute approximate surface area is 123 Å². The van der Waals surface area contributed by atoms with Crippen LogP contribution in [0, 0.1) is 0 Å². The molecule has 0 saturated carbocycles. The highest BCUT2D eigenvalue weighted by molar-refractivity contribution is 7.99. The van der Waals surface area contributed by atoms with Crippen molar-refractivity contribution in [1.82, 2.24) is 25.5 Å². The number of halogens is 1. The van der Waals surface area contributed by atoms with Gasteiger partial charge in [0, 0.05) is 19.3 Å². The predicted octanol–water partition coefficient (Wildman–Crippen LogP) is 1.56. The molecule has 0 saturated heterocycles. The summed E-state index contributed by atoms with van der Waals surface area (Å²) in [5.41, 5.74) is 1.37. The topological polar surface area (TPSA) is 55.6 Å². The summed E-state index contributed by atoms with van der Waals surface area (Å²) in [5, 5.41) is 15.6. The maximum atomic E-state index is 3.92. The molecule has 0 fully saturated rings. The van der Waals surface area contributed by atoms with Crippen LogP contribution < -0.4 is 5.32 Å². The number of thioether (sulfide) groups is 1. The molecule has 0 aliphatic heterocycles. The highest BCUT2D eigenvalue weighted by Crippen LogP contribution is 2.10. The van der Waals surface area contributed by atoms with E-state index in [2.05, 4.69) is 45.1 Å². The number of tetrazole rings is 1. The monoisotopic (exact) mass is 299 g/mol. The van der Waals surface area contributed by atoms with Crippen LogP contribution in [0.1, 0.15) is 5.56 Å². The van der Waals surface area contributed by atoms with E-state index in [1.54, 1.807) is 16.4 Å². The Bertz CT molecular complexity index is 462. The van der Waals surface area contributed by atoms with Crippen molar-refractivity contribution in [2.75, 3.05) is 18.8 Å². The largest absolute Gasteiger partial charge is 0.316 e. The first-order valence-electron chi connectivity index (χ1n) is 5.96. The van der Waals surface area contributed by atoms with Gasteiger partial charge in [0.05, 0.1) is 0 Å². The maximum Gasteiger partial charge on any atom is 0.209 e. The van der Waals surface area contributed by atoms with Crippen LogP contribution in [0.15, 0.2) is 35.5 Å². The summed E-state index contributed by atoms with van der Waals surface area (Å²) in [5.74, 6) is 0.975. The van der Waals surface area contributed by atoms with Gasteiger partial charge in [0.25, 0.3) is 0 Å². The summed E-state index contributed by atoms with van der Waals surface area (Å²) in [7, 11) is 1.85. The molecule has 7 heteroatoms. The van der Waals surface area contributed by atoms with Crippen molar-refractivity contribution in [3.8, 4) is 0 Å². The van der Waals surface area contributed by atoms with Gasteiger partial charge in [-0.05, 0) is 29.0 Å². The van der Waals surface area contributed by atoms with E-state index in [9.17, 15) is 0 Å². The van der Waals surface area contributed by atoms with Crippen molar-refractivity contribution >= 4 is 24.2 Å². The smallest absolute Gasteiger partial charge is 0.209 e. The van der Waals surface area contributed by atoms with Crippen LogP contribution in [-0.2, 0) is 13.5 Å². The standard InChI is InChI=1S/C12H17N5S.ClH/c1-17-12(14-15-16-17)18-10-9-13-8-7-11-5-3-2-4-6-11;/h2-6,13H,7-10H2,1H3;1H. The fraction of sp³-hybridized carbons (Fsp3) is 0.417. The van der Waals surface area contributed by atoms with Gasteiger partial charge >= 0.3 is 0 Å². The van der Waals surface area contributed by atoms with Crippen LogP contribution in [0.5, 0.6) is 0 Å². The van der Waals surface area contributed by atoms with E-state index < -0.39 is 0 Å². The predicted molar refractivity (Wildman–Crippen MR) is 79.8 cm³/mol. The van der Waals surface area contributed by atoms with E-state index in [1.165, 1.54) is 5.56 Å². The molecule has 5 nitrogen and oxygen atoms in total. The summed E-state index contributed by atoms with van der Waals surface area (Å²) in [6.07, 6.45) is 1.07. The third kappa shape index (κ3) is 5.59. The van der Waals surface area contributed by atoms with E-state index >= 15 is 0 Å². The SMILES string of the molecule is Cl.Cn1nnnc1SCCNCCc1ccccc1. The lowest BCUT2D eigenvalue weighted by molar-refractivity contribution is 0.663. The molecule has 104 valence electrons. The summed E-state index contributed by atoms with van der Waals surface area (Å²) in [4.78, 5) is 0. The van der Waals surface area contributed by atoms with E-state index in [4.69, 9.17) is 0 Å². The molecule has 2 aromatic rings. The van der Waals surface area contributed by atoms with Gasteiger partial charge in [-0.25, -0.2) is 4.68 Å². The van der Waals surface area contributed by atoms with Crippen LogP contribution in [-0.4, -0.2) is 39.0 Å². The first-order valence-corrected chi connectivity index (χ1v) is 6.94. The van der Waals surface area contributed by atoms with Crippen LogP contribution in [0.25, 0.3) is 0 Å². The Balaban J connectivity index is 0.00000180. The molecule has 0 unspecified atom stereocenters. The highest BCUT2D eigenvalue weighted by atomic mass is 35.5. The summed E-state index contributed by atoms with van der Waals surface area (Å²) < 4.78 is 1.69. The Kier molecular flexibility index (Phi) is 7.47. The van der Waals surface area contributed by atoms with Gasteiger partial charge in [0.1, 0.15) is 0 Å². The highest BCUT2D eigenvalue weighted by Gasteiger charge is 2.01. The number of nitrogens with zero attached hydrogens (tertiary/aromatic N) is 4. The lowest BCUT2D eigenvalue weighted by Gasteiger charge is -2.04. The molecular formula is C12H18ClN5S. The lowest BCUT2D eigenvalue weighted by atomic mass is 10.1. The first kappa shape index (κ1) is 15.9. The molecule has 0 amide bonds. The molecule has 1 aromatic carbocycles. The van der Waals surface area contributed by atoms with Crippen molar-refractivity contribution in [3.63, 3.8) is 0 Å². The number of hydrogen-bond donors (Lipinski definition) is 1. The van der Waals surface area contributed by atoms with Gasteiger partial charge in [0.15, 0.2) is 0 Å². The Morgan fingerprint density at radius 2 is 2.00 bits per heavy atom. The van der Waals surface area contributed by atoms with Crippen LogP contribution in [0.2, 0.25) is 0 Å². The molecule has 0 aliphatic carbocycles. The first-order chi connectivity index (χ1) is 8.86. The molecule has 0 bridgehead atoms. The van der Waals surface area contributed by atoms with E-state index in [0.717, 1.165) is 30.4 Å². The Hall–Kier alpha value is -1.11. The number of aromatic nitrogens is 4. The van der Waals surface area contributed by atoms with E-state index in [0.29, 0.717) is 0 Å². The van der Waals surface area contributed by atoms with Crippen LogP contribution >= 0.6 is 24.2 Å². The third-order valence-electron chi connectivity index (χ3n) is 2.52. The number of nitrogens with one attached hydrogen (secondary N) is 1. The fourth-order valence-corrected chi connectivity index (χ4v) is 2.31. The van der Waals surface area contributed by atoms with Gasteiger partial charge in [-0.15, -0.1) is 17.5 Å². The summed E-state index contributed by atoms with van der Waals surface area (Å²) >= 11 is 1.66. The van der Waals surface area contributed by atoms with Gasteiger partial charge in [-0.3, -0.25) is 0 Å². The van der Waals surface area contributed by atoms with E-state index in [1.807, 2.05) is 13.1 Å². The van der Waals surface area contributed by atoms with E-state index in [-0.39, 0.29) is 12.4 Å². The van der Waals surface area contributed by atoms with Gasteiger partial charge in [-0.1, -0.05) is 42.1 Å². The van der Waals surface area contributed by atoms with Crippen molar-refractivity contribution in [2.45, 2.75) is 11.6 Å². The van der Waals surface area contributed by atoms with Crippen molar-refractivity contribution in [2.24, 2.45) is 7.05 Å². The third-order valence-corrected chi connectivity index (χ3v) is 3.54. The fourth-order valence-electron chi connectivity index (χ4n) is 1.56. The summed E-state index contributed by atoms with van der Waals surface area (Å²) in [6, 6.07) is 10.5. The zero-order valence-electron chi connectivity index (χ0n) is 10.8. The van der Waals surface area contributed by atoms with Crippen LogP contribution in [0.3, 0.4) is 0 Å². The Morgan fingerprint density at radius 1 is 1.21 bits per heavy atom. The molecular weight excluding hydrogens is 282 g/mol. The number of aryl methyl sites for hydroxylation is 1. The zero-order chi connectivity index (χ0) is 12.6. The maximum absolute atomic E-state index is 3.92. The molecule has 1 heterocycles. The number of benzene rings is 1. The molecule has 0 spiro atoms. The second-order valence-electron chi connectivity index (χ2n) is 3.92. The molecule has 1 N–H and O–H groups in total. The quantitative estimate of drug-likeness (QED) is 0.621. The average molecular weight is 300 g/mol. The molecule has 0 radical (unpaired) electrons. The molecule has 0 atom stereocenters. The average Bonchev–Trinajstić information content (AvgIpc) is 2.81. The summed E-state index contributed by atoms with van der Waals surface area (Å²) in [6.45, 7) is 1.96. The minimum atomic E-state index is 0. The van der Waals surface area contributed by atoms with Crippen molar-refractivity contribution in [1.29, 1.82) is 0 Å². The molecule has 0 aliphatic rings. The van der Waals surface area contributed by atoms with Gasteiger partial charge < -0.3 is 5.32 Å². The zero-order valence-corrected chi connectivity index (χ0v) is 12.5. The molecule has 2 rings (SSSR count). The normalized spacial score (nSPS) is 10.2. The molecule has 19 heavy (non-hydrogen) atoms. The minimum absolute atomic E-state index is 0. The van der Waals surface area contributed by atoms with Gasteiger partial charge in [-0.2, -0.15) is 0 Å². The van der Waals surface area contributed by atoms with Crippen molar-refractivity contribution in [3.05, 3.63) is 35.9 Å². The van der Waals surface area contributed by atoms with Crippen molar-refractivity contribution < 1.29 is 0 Å². The number of rotatable bonds is 7. The number of hydrogen-bond acceptors (Lipinski definition) is 5. The van der Waals surface area contributed by atoms with Crippen LogP contribution in [0.4, 0.5) is 0 Å². The Morgan fingerprint density at radius 3 is 2.68 bits per heavy atom. The van der Waals surface area contributed by atoms with Gasteiger partial charge in [0.2, 0.25) is 5.16 Å². The molecule has 1 aromatic heterocycles.